The highest BCUT2D eigenvalue weighted by atomic mass is 35.5. The van der Waals surface area contributed by atoms with Crippen molar-refractivity contribution in [2.75, 3.05) is 0 Å². The van der Waals surface area contributed by atoms with E-state index in [0.29, 0.717) is 16.9 Å². The van der Waals surface area contributed by atoms with Gasteiger partial charge in [0.15, 0.2) is 0 Å². The van der Waals surface area contributed by atoms with Crippen LogP contribution in [0.25, 0.3) is 0 Å². The summed E-state index contributed by atoms with van der Waals surface area (Å²) in [5.41, 5.74) is 0.0647. The summed E-state index contributed by atoms with van der Waals surface area (Å²) in [4.78, 5) is 11.7. The lowest BCUT2D eigenvalue weighted by atomic mass is 10.1. The van der Waals surface area contributed by atoms with Crippen molar-refractivity contribution < 1.29 is 13.9 Å². The second-order valence-corrected chi connectivity index (χ2v) is 5.43. The first-order valence-electron chi connectivity index (χ1n) is 5.83. The van der Waals surface area contributed by atoms with Gasteiger partial charge in [0.05, 0.1) is 12.4 Å². The van der Waals surface area contributed by atoms with E-state index >= 15 is 0 Å². The maximum atomic E-state index is 12.4. The fraction of sp³-hybridized carbons (Fsp3) is 0.357. The molecule has 5 heteroatoms. The number of nitrogens with one attached hydrogen (secondary N) is 1. The highest BCUT2D eigenvalue weighted by molar-refractivity contribution is 6.30. The van der Waals surface area contributed by atoms with E-state index in [4.69, 9.17) is 16.3 Å². The Morgan fingerprint density at radius 2 is 2.16 bits per heavy atom. The van der Waals surface area contributed by atoms with E-state index < -0.39 is 17.7 Å². The highest BCUT2D eigenvalue weighted by Gasteiger charge is 2.19. The molecule has 0 saturated heterocycles. The Labute approximate surface area is 117 Å². The monoisotopic (exact) mass is 285 g/mol. The van der Waals surface area contributed by atoms with E-state index in [2.05, 4.69) is 5.32 Å². The number of hydrogen-bond acceptors (Lipinski definition) is 2. The number of benzene rings is 1. The Morgan fingerprint density at radius 1 is 1.47 bits per heavy atom. The van der Waals surface area contributed by atoms with Crippen molar-refractivity contribution in [2.24, 2.45) is 0 Å². The molecule has 1 amide bonds. The van der Waals surface area contributed by atoms with Gasteiger partial charge in [-0.3, -0.25) is 0 Å². The number of rotatable bonds is 3. The van der Waals surface area contributed by atoms with Crippen LogP contribution in [-0.4, -0.2) is 11.7 Å². The summed E-state index contributed by atoms with van der Waals surface area (Å²) in [5.74, 6) is 0. The van der Waals surface area contributed by atoms with Crippen LogP contribution in [-0.2, 0) is 4.74 Å². The third-order valence-electron chi connectivity index (χ3n) is 2.15. The molecule has 0 aliphatic carbocycles. The van der Waals surface area contributed by atoms with Gasteiger partial charge in [0, 0.05) is 5.02 Å². The van der Waals surface area contributed by atoms with E-state index in [9.17, 15) is 9.18 Å². The Morgan fingerprint density at radius 3 is 2.68 bits per heavy atom. The van der Waals surface area contributed by atoms with Crippen molar-refractivity contribution in [2.45, 2.75) is 32.4 Å². The number of carbonyl (C=O) groups is 1. The maximum Gasteiger partial charge on any atom is 0.408 e. The molecule has 0 radical (unpaired) electrons. The molecule has 104 valence electrons. The molecule has 0 aliphatic rings. The van der Waals surface area contributed by atoms with E-state index in [-0.39, 0.29) is 0 Å². The highest BCUT2D eigenvalue weighted by Crippen LogP contribution is 2.20. The zero-order valence-electron chi connectivity index (χ0n) is 11.1. The average Bonchev–Trinajstić information content (AvgIpc) is 2.26. The van der Waals surface area contributed by atoms with Crippen LogP contribution in [0.15, 0.2) is 36.7 Å². The second kappa shape index (κ2) is 6.57. The molecule has 1 N–H and O–H groups in total. The normalized spacial score (nSPS) is 13.3. The van der Waals surface area contributed by atoms with Crippen molar-refractivity contribution in [1.82, 2.24) is 5.32 Å². The van der Waals surface area contributed by atoms with Gasteiger partial charge in [0.2, 0.25) is 0 Å². The number of halogens is 2. The molecule has 19 heavy (non-hydrogen) atoms. The molecule has 1 rings (SSSR count). The Balaban J connectivity index is 2.82. The molecule has 3 nitrogen and oxygen atoms in total. The first-order valence-corrected chi connectivity index (χ1v) is 6.21. The minimum atomic E-state index is -0.626. The van der Waals surface area contributed by atoms with Gasteiger partial charge in [0.1, 0.15) is 5.60 Å². The number of alkyl carbamates (subject to hydrolysis) is 1. The van der Waals surface area contributed by atoms with Gasteiger partial charge < -0.3 is 10.1 Å². The topological polar surface area (TPSA) is 38.3 Å². The van der Waals surface area contributed by atoms with E-state index in [1.807, 2.05) is 0 Å². The third-order valence-corrected chi connectivity index (χ3v) is 2.38. The number of hydrogen-bond donors (Lipinski definition) is 1. The zero-order chi connectivity index (χ0) is 14.5. The predicted molar refractivity (Wildman–Crippen MR) is 73.8 cm³/mol. The zero-order valence-corrected chi connectivity index (χ0v) is 11.9. The number of carbonyl (C=O) groups excluding carboxylic acids is 1. The fourth-order valence-corrected chi connectivity index (χ4v) is 1.65. The quantitative estimate of drug-likeness (QED) is 0.894. The van der Waals surface area contributed by atoms with Gasteiger partial charge in [-0.25, -0.2) is 9.18 Å². The fourth-order valence-electron chi connectivity index (χ4n) is 1.45. The molecule has 0 aliphatic heterocycles. The molecule has 0 bridgehead atoms. The van der Waals surface area contributed by atoms with Crippen LogP contribution in [0.5, 0.6) is 0 Å². The molecule has 1 aromatic carbocycles. The van der Waals surface area contributed by atoms with Crippen LogP contribution >= 0.6 is 11.6 Å². The number of ether oxygens (including phenoxy) is 1. The third kappa shape index (κ3) is 5.75. The molecular weight excluding hydrogens is 269 g/mol. The van der Waals surface area contributed by atoms with Crippen molar-refractivity contribution in [3.63, 3.8) is 0 Å². The smallest absolute Gasteiger partial charge is 0.408 e. The molecule has 0 heterocycles. The maximum absolute atomic E-state index is 12.4. The minimum Gasteiger partial charge on any atom is -0.444 e. The van der Waals surface area contributed by atoms with Gasteiger partial charge in [-0.2, -0.15) is 0 Å². The van der Waals surface area contributed by atoms with E-state index in [1.165, 1.54) is 6.08 Å². The second-order valence-electron chi connectivity index (χ2n) is 5.00. The van der Waals surface area contributed by atoms with Crippen LogP contribution in [0.4, 0.5) is 9.18 Å². The summed E-state index contributed by atoms with van der Waals surface area (Å²) in [7, 11) is 0. The summed E-state index contributed by atoms with van der Waals surface area (Å²) < 4.78 is 17.5. The van der Waals surface area contributed by atoms with Crippen LogP contribution in [0, 0.1) is 0 Å². The number of amides is 1. The van der Waals surface area contributed by atoms with Gasteiger partial charge >= 0.3 is 6.09 Å². The van der Waals surface area contributed by atoms with Crippen LogP contribution in [0.2, 0.25) is 5.02 Å². The van der Waals surface area contributed by atoms with Crippen LogP contribution in [0.1, 0.15) is 32.4 Å². The SMILES string of the molecule is CC(C)(C)OC(=O)NC(C=CF)c1cccc(Cl)c1. The van der Waals surface area contributed by atoms with Crippen molar-refractivity contribution in [1.29, 1.82) is 0 Å². The van der Waals surface area contributed by atoms with Crippen LogP contribution in [0.3, 0.4) is 0 Å². The van der Waals surface area contributed by atoms with E-state index in [0.717, 1.165) is 0 Å². The van der Waals surface area contributed by atoms with Gasteiger partial charge in [-0.1, -0.05) is 23.7 Å². The van der Waals surface area contributed by atoms with Crippen molar-refractivity contribution >= 4 is 17.7 Å². The largest absolute Gasteiger partial charge is 0.444 e. The lowest BCUT2D eigenvalue weighted by Crippen LogP contribution is -2.34. The Bertz CT molecular complexity index is 469. The molecule has 0 fully saturated rings. The lowest BCUT2D eigenvalue weighted by molar-refractivity contribution is 0.0514. The van der Waals surface area contributed by atoms with Gasteiger partial charge in [-0.15, -0.1) is 0 Å². The first kappa shape index (κ1) is 15.5. The van der Waals surface area contributed by atoms with Crippen molar-refractivity contribution in [3.8, 4) is 0 Å². The van der Waals surface area contributed by atoms with Gasteiger partial charge in [0.25, 0.3) is 0 Å². The van der Waals surface area contributed by atoms with Gasteiger partial charge in [-0.05, 0) is 44.5 Å². The molecule has 0 saturated carbocycles. The standard InChI is InChI=1S/C14H17ClFNO2/c1-14(2,3)19-13(18)17-12(7-8-16)10-5-4-6-11(15)9-10/h4-9,12H,1-3H3,(H,17,18). The van der Waals surface area contributed by atoms with Crippen LogP contribution < -0.4 is 5.32 Å². The minimum absolute atomic E-state index is 0.378. The molecule has 0 spiro atoms. The Hall–Kier alpha value is -1.55. The summed E-state index contributed by atoms with van der Waals surface area (Å²) in [6.45, 7) is 5.27. The predicted octanol–water partition coefficient (Wildman–Crippen LogP) is 4.39. The lowest BCUT2D eigenvalue weighted by Gasteiger charge is -2.22. The molecule has 1 atom stereocenters. The first-order chi connectivity index (χ1) is 8.81. The summed E-state index contributed by atoms with van der Waals surface area (Å²) in [5, 5.41) is 3.09. The summed E-state index contributed by atoms with van der Waals surface area (Å²) in [6.07, 6.45) is 0.981. The molecule has 0 aromatic heterocycles. The molecule has 1 unspecified atom stereocenters. The Kier molecular flexibility index (Phi) is 5.36. The van der Waals surface area contributed by atoms with Crippen molar-refractivity contribution in [3.05, 3.63) is 47.3 Å². The average molecular weight is 286 g/mol. The molecular formula is C14H17ClFNO2. The van der Waals surface area contributed by atoms with E-state index in [1.54, 1.807) is 45.0 Å². The summed E-state index contributed by atoms with van der Waals surface area (Å²) in [6, 6.07) is 6.21. The summed E-state index contributed by atoms with van der Waals surface area (Å²) >= 11 is 5.87. The molecule has 1 aromatic rings.